The van der Waals surface area contributed by atoms with Crippen molar-refractivity contribution in [2.45, 2.75) is 24.4 Å². The van der Waals surface area contributed by atoms with Gasteiger partial charge in [-0.2, -0.15) is 0 Å². The molecule has 0 unspecified atom stereocenters. The van der Waals surface area contributed by atoms with E-state index in [1.54, 1.807) is 37.3 Å². The Kier molecular flexibility index (Phi) is 8.31. The van der Waals surface area contributed by atoms with Crippen molar-refractivity contribution in [3.8, 4) is 0 Å². The zero-order chi connectivity index (χ0) is 24.7. The normalized spacial score (nSPS) is 12.0. The fraction of sp³-hybridized carbons (Fsp3) is 0.200. The van der Waals surface area contributed by atoms with Crippen molar-refractivity contribution in [2.75, 3.05) is 17.9 Å². The van der Waals surface area contributed by atoms with Crippen molar-refractivity contribution in [1.82, 2.24) is 10.2 Å². The van der Waals surface area contributed by atoms with Gasteiger partial charge in [-0.3, -0.25) is 13.9 Å². The number of carbonyl (C=O) groups excluding carboxylic acids is 2. The van der Waals surface area contributed by atoms with E-state index in [4.69, 9.17) is 11.6 Å². The van der Waals surface area contributed by atoms with Gasteiger partial charge in [-0.15, -0.1) is 0 Å². The Hall–Kier alpha value is -3.36. The van der Waals surface area contributed by atoms with E-state index in [9.17, 15) is 18.0 Å². The zero-order valence-electron chi connectivity index (χ0n) is 18.9. The Morgan fingerprint density at radius 2 is 1.47 bits per heavy atom. The summed E-state index contributed by atoms with van der Waals surface area (Å²) in [5.41, 5.74) is 1.15. The number of anilines is 1. The molecular formula is C25H26ClN3O4S. The second kappa shape index (κ2) is 11.2. The third-order valence-corrected chi connectivity index (χ3v) is 7.37. The monoisotopic (exact) mass is 499 g/mol. The molecule has 7 nitrogen and oxygen atoms in total. The Morgan fingerprint density at radius 1 is 0.912 bits per heavy atom. The van der Waals surface area contributed by atoms with Crippen LogP contribution in [0.2, 0.25) is 5.02 Å². The molecule has 9 heteroatoms. The molecule has 1 atom stereocenters. The number of likely N-dealkylation sites (N-methyl/N-ethyl adjacent to an activating group) is 1. The second-order valence-electron chi connectivity index (χ2n) is 7.60. The summed E-state index contributed by atoms with van der Waals surface area (Å²) < 4.78 is 28.2. The van der Waals surface area contributed by atoms with Gasteiger partial charge >= 0.3 is 0 Å². The first-order valence-corrected chi connectivity index (χ1v) is 12.4. The number of hydrogen-bond acceptors (Lipinski definition) is 4. The third kappa shape index (κ3) is 5.95. The first-order chi connectivity index (χ1) is 16.2. The molecule has 0 saturated heterocycles. The predicted molar refractivity (Wildman–Crippen MR) is 133 cm³/mol. The van der Waals surface area contributed by atoms with Gasteiger partial charge in [0.15, 0.2) is 0 Å². The largest absolute Gasteiger partial charge is 0.357 e. The van der Waals surface area contributed by atoms with Crippen LogP contribution in [0.5, 0.6) is 0 Å². The van der Waals surface area contributed by atoms with E-state index in [1.165, 1.54) is 36.2 Å². The van der Waals surface area contributed by atoms with Crippen LogP contribution in [0, 0.1) is 0 Å². The lowest BCUT2D eigenvalue weighted by Gasteiger charge is -2.31. The van der Waals surface area contributed by atoms with Crippen LogP contribution in [-0.2, 0) is 26.2 Å². The summed E-state index contributed by atoms with van der Waals surface area (Å²) in [6.07, 6.45) is 0. The molecule has 0 heterocycles. The molecule has 3 aromatic carbocycles. The van der Waals surface area contributed by atoms with Gasteiger partial charge in [0.2, 0.25) is 11.8 Å². The van der Waals surface area contributed by atoms with Crippen LogP contribution in [0.4, 0.5) is 5.69 Å². The van der Waals surface area contributed by atoms with Gasteiger partial charge < -0.3 is 10.2 Å². The first-order valence-electron chi connectivity index (χ1n) is 10.6. The predicted octanol–water partition coefficient (Wildman–Crippen LogP) is 3.70. The zero-order valence-corrected chi connectivity index (χ0v) is 20.5. The number of amides is 2. The Balaban J connectivity index is 1.99. The van der Waals surface area contributed by atoms with Crippen molar-refractivity contribution in [3.63, 3.8) is 0 Å². The molecule has 1 N–H and O–H groups in total. The molecule has 0 spiro atoms. The molecule has 3 aromatic rings. The van der Waals surface area contributed by atoms with E-state index in [0.29, 0.717) is 10.7 Å². The lowest BCUT2D eigenvalue weighted by molar-refractivity contribution is -0.139. The highest BCUT2D eigenvalue weighted by molar-refractivity contribution is 7.92. The Bertz CT molecular complexity index is 1220. The van der Waals surface area contributed by atoms with Crippen molar-refractivity contribution in [1.29, 1.82) is 0 Å². The van der Waals surface area contributed by atoms with Crippen LogP contribution >= 0.6 is 11.6 Å². The SMILES string of the molecule is CNC(=O)[C@H](C)N(Cc1ccccc1)C(=O)CN(c1ccccc1)S(=O)(=O)c1ccc(Cl)cc1. The van der Waals surface area contributed by atoms with Crippen molar-refractivity contribution >= 4 is 39.1 Å². The highest BCUT2D eigenvalue weighted by Crippen LogP contribution is 2.25. The molecule has 0 bridgehead atoms. The van der Waals surface area contributed by atoms with Gasteiger partial charge in [-0.25, -0.2) is 8.42 Å². The number of para-hydroxylation sites is 1. The average Bonchev–Trinajstić information content (AvgIpc) is 2.86. The lowest BCUT2D eigenvalue weighted by atomic mass is 10.1. The summed E-state index contributed by atoms with van der Waals surface area (Å²) in [4.78, 5) is 27.3. The second-order valence-corrected chi connectivity index (χ2v) is 9.90. The minimum atomic E-state index is -4.10. The van der Waals surface area contributed by atoms with Crippen molar-refractivity contribution in [3.05, 3.63) is 95.5 Å². The van der Waals surface area contributed by atoms with Gasteiger partial charge in [-0.1, -0.05) is 60.1 Å². The first kappa shape index (κ1) is 25.3. The molecular weight excluding hydrogens is 474 g/mol. The number of nitrogens with zero attached hydrogens (tertiary/aromatic N) is 2. The smallest absolute Gasteiger partial charge is 0.264 e. The molecule has 0 fully saturated rings. The number of sulfonamides is 1. The van der Waals surface area contributed by atoms with Crippen LogP contribution in [0.3, 0.4) is 0 Å². The maximum atomic E-state index is 13.6. The number of carbonyl (C=O) groups is 2. The molecule has 0 aliphatic carbocycles. The topological polar surface area (TPSA) is 86.8 Å². The van der Waals surface area contributed by atoms with Crippen LogP contribution in [0.25, 0.3) is 0 Å². The molecule has 0 aliphatic rings. The number of halogens is 1. The van der Waals surface area contributed by atoms with Crippen LogP contribution in [0.15, 0.2) is 89.8 Å². The van der Waals surface area contributed by atoms with E-state index in [2.05, 4.69) is 5.32 Å². The molecule has 3 rings (SSSR count). The molecule has 0 aromatic heterocycles. The lowest BCUT2D eigenvalue weighted by Crippen LogP contribution is -2.50. The molecule has 0 aliphatic heterocycles. The fourth-order valence-corrected chi connectivity index (χ4v) is 4.97. The number of nitrogens with one attached hydrogen (secondary N) is 1. The fourth-order valence-electron chi connectivity index (χ4n) is 3.43. The van der Waals surface area contributed by atoms with E-state index < -0.39 is 28.5 Å². The van der Waals surface area contributed by atoms with E-state index in [0.717, 1.165) is 9.87 Å². The van der Waals surface area contributed by atoms with Crippen molar-refractivity contribution < 1.29 is 18.0 Å². The van der Waals surface area contributed by atoms with Gasteiger partial charge in [0.1, 0.15) is 12.6 Å². The molecule has 34 heavy (non-hydrogen) atoms. The maximum Gasteiger partial charge on any atom is 0.264 e. The molecule has 2 amide bonds. The summed E-state index contributed by atoms with van der Waals surface area (Å²) in [5.74, 6) is -0.863. The summed E-state index contributed by atoms with van der Waals surface area (Å²) in [6.45, 7) is 1.28. The number of hydrogen-bond donors (Lipinski definition) is 1. The summed E-state index contributed by atoms with van der Waals surface area (Å²) in [6, 6.07) is 22.5. The molecule has 0 radical (unpaired) electrons. The quantitative estimate of drug-likeness (QED) is 0.486. The standard InChI is InChI=1S/C25H26ClN3O4S/c1-19(25(31)27-2)28(17-20-9-5-3-6-10-20)24(30)18-29(22-11-7-4-8-12-22)34(32,33)23-15-13-21(26)14-16-23/h3-16,19H,17-18H2,1-2H3,(H,27,31)/t19-/m0/s1. The van der Waals surface area contributed by atoms with Gasteiger partial charge in [0.25, 0.3) is 10.0 Å². The van der Waals surface area contributed by atoms with Gasteiger partial charge in [0, 0.05) is 18.6 Å². The Labute approximate surface area is 205 Å². The minimum absolute atomic E-state index is 0.00233. The summed E-state index contributed by atoms with van der Waals surface area (Å²) in [7, 11) is -2.61. The number of rotatable bonds is 9. The van der Waals surface area contributed by atoms with Crippen LogP contribution in [-0.4, -0.2) is 44.8 Å². The minimum Gasteiger partial charge on any atom is -0.357 e. The van der Waals surface area contributed by atoms with E-state index in [1.807, 2.05) is 30.3 Å². The maximum absolute atomic E-state index is 13.6. The average molecular weight is 500 g/mol. The van der Waals surface area contributed by atoms with Gasteiger partial charge in [-0.05, 0) is 48.9 Å². The summed E-state index contributed by atoms with van der Waals surface area (Å²) in [5, 5.41) is 2.95. The molecule has 0 saturated carbocycles. The highest BCUT2D eigenvalue weighted by Gasteiger charge is 2.32. The summed E-state index contributed by atoms with van der Waals surface area (Å²) >= 11 is 5.93. The van der Waals surface area contributed by atoms with Crippen LogP contribution in [0.1, 0.15) is 12.5 Å². The Morgan fingerprint density at radius 3 is 2.03 bits per heavy atom. The number of benzene rings is 3. The van der Waals surface area contributed by atoms with E-state index in [-0.39, 0.29) is 17.3 Å². The highest BCUT2D eigenvalue weighted by atomic mass is 35.5. The van der Waals surface area contributed by atoms with E-state index >= 15 is 0 Å². The van der Waals surface area contributed by atoms with Gasteiger partial charge in [0.05, 0.1) is 10.6 Å². The van der Waals surface area contributed by atoms with Crippen LogP contribution < -0.4 is 9.62 Å². The third-order valence-electron chi connectivity index (χ3n) is 5.33. The molecule has 178 valence electrons. The van der Waals surface area contributed by atoms with Crippen molar-refractivity contribution in [2.24, 2.45) is 0 Å².